The summed E-state index contributed by atoms with van der Waals surface area (Å²) in [5.74, 6) is -1.51. The van der Waals surface area contributed by atoms with Crippen molar-refractivity contribution in [2.24, 2.45) is 13.0 Å². The first kappa shape index (κ1) is 27.9. The fourth-order valence-electron chi connectivity index (χ4n) is 6.61. The third-order valence-corrected chi connectivity index (χ3v) is 9.11. The van der Waals surface area contributed by atoms with Crippen LogP contribution >= 0.6 is 11.6 Å². The minimum absolute atomic E-state index is 0.0175. The van der Waals surface area contributed by atoms with Crippen LogP contribution in [0.5, 0.6) is 34.5 Å². The molecule has 2 N–H and O–H groups in total. The van der Waals surface area contributed by atoms with E-state index in [2.05, 4.69) is 10.3 Å². The van der Waals surface area contributed by atoms with Gasteiger partial charge < -0.3 is 33.7 Å². The number of ketones is 2. The van der Waals surface area contributed by atoms with Crippen LogP contribution < -0.4 is 45.0 Å². The molecule has 2 aromatic carbocycles. The summed E-state index contributed by atoms with van der Waals surface area (Å²) in [6.45, 7) is 1.67. The van der Waals surface area contributed by atoms with Crippen molar-refractivity contribution in [2.75, 3.05) is 33.4 Å². The van der Waals surface area contributed by atoms with Crippen molar-refractivity contribution in [3.63, 3.8) is 0 Å². The normalized spacial score (nSPS) is 22.7. The maximum Gasteiger partial charge on any atom is 0.329 e. The maximum atomic E-state index is 15.0. The van der Waals surface area contributed by atoms with Crippen LogP contribution in [0.4, 0.5) is 5.82 Å². The second kappa shape index (κ2) is 9.55. The van der Waals surface area contributed by atoms with Crippen LogP contribution in [0.25, 0.3) is 0 Å². The molecule has 3 unspecified atom stereocenters. The van der Waals surface area contributed by atoms with Crippen LogP contribution in [0.1, 0.15) is 40.7 Å². The highest BCUT2D eigenvalue weighted by atomic mass is 35.5. The van der Waals surface area contributed by atoms with E-state index in [4.69, 9.17) is 40.0 Å². The van der Waals surface area contributed by atoms with Gasteiger partial charge in [0.25, 0.3) is 5.56 Å². The Bertz CT molecular complexity index is 1980. The molecule has 0 saturated carbocycles. The molecular formula is C30H26ClN3O10. The molecule has 3 aromatic rings. The number of aromatic amines is 1. The van der Waals surface area contributed by atoms with E-state index in [1.165, 1.54) is 39.0 Å². The molecule has 0 amide bonds. The first-order valence-corrected chi connectivity index (χ1v) is 14.0. The quantitative estimate of drug-likeness (QED) is 0.412. The second-order valence-electron chi connectivity index (χ2n) is 10.9. The number of nitrogens with one attached hydrogen (secondary N) is 2. The molecule has 4 aliphatic rings. The first-order valence-electron chi connectivity index (χ1n) is 13.6. The zero-order valence-electron chi connectivity index (χ0n) is 24.2. The lowest BCUT2D eigenvalue weighted by Gasteiger charge is -2.42. The van der Waals surface area contributed by atoms with E-state index < -0.39 is 40.3 Å². The summed E-state index contributed by atoms with van der Waals surface area (Å²) < 4.78 is 35.2. The van der Waals surface area contributed by atoms with E-state index in [1.807, 2.05) is 0 Å². The number of hydrogen-bond donors (Lipinski definition) is 2. The molecule has 228 valence electrons. The zero-order chi connectivity index (χ0) is 31.2. The molecule has 1 spiro atoms. The minimum atomic E-state index is -2.03. The molecule has 0 saturated heterocycles. The number of ether oxygens (including phenoxy) is 6. The molecule has 44 heavy (non-hydrogen) atoms. The van der Waals surface area contributed by atoms with Crippen molar-refractivity contribution >= 4 is 29.0 Å². The van der Waals surface area contributed by atoms with Crippen molar-refractivity contribution in [2.45, 2.75) is 24.9 Å². The molecule has 3 atom stereocenters. The van der Waals surface area contributed by atoms with Gasteiger partial charge in [0.2, 0.25) is 29.7 Å². The summed E-state index contributed by atoms with van der Waals surface area (Å²) in [5, 5.41) is 3.18. The number of rotatable bonds is 4. The molecule has 0 bridgehead atoms. The van der Waals surface area contributed by atoms with Crippen molar-refractivity contribution in [3.05, 3.63) is 72.0 Å². The lowest BCUT2D eigenvalue weighted by atomic mass is 9.66. The van der Waals surface area contributed by atoms with Crippen LogP contribution in [0, 0.1) is 5.92 Å². The van der Waals surface area contributed by atoms with E-state index >= 15 is 0 Å². The van der Waals surface area contributed by atoms with Gasteiger partial charge in [-0.25, -0.2) is 4.79 Å². The number of H-pyrrole nitrogens is 1. The van der Waals surface area contributed by atoms with E-state index in [-0.39, 0.29) is 58.0 Å². The number of allylic oxidation sites excluding steroid dienone is 1. The number of hydrogen-bond acceptors (Lipinski definition) is 11. The van der Waals surface area contributed by atoms with Gasteiger partial charge in [-0.2, -0.15) is 0 Å². The third-order valence-electron chi connectivity index (χ3n) is 8.75. The van der Waals surface area contributed by atoms with Crippen molar-refractivity contribution in [3.8, 4) is 34.5 Å². The molecule has 4 heterocycles. The van der Waals surface area contributed by atoms with Crippen LogP contribution in [0.2, 0.25) is 5.02 Å². The Morgan fingerprint density at radius 2 is 1.68 bits per heavy atom. The summed E-state index contributed by atoms with van der Waals surface area (Å²) in [6.07, 6.45) is 0.149. The summed E-state index contributed by atoms with van der Waals surface area (Å²) in [4.78, 5) is 57.8. The molecule has 0 radical (unpaired) electrons. The van der Waals surface area contributed by atoms with Gasteiger partial charge in [-0.3, -0.25) is 23.9 Å². The van der Waals surface area contributed by atoms with E-state index in [9.17, 15) is 19.2 Å². The lowest BCUT2D eigenvalue weighted by Crippen LogP contribution is -2.58. The summed E-state index contributed by atoms with van der Waals surface area (Å²) in [5.41, 5.74) is -2.28. The lowest BCUT2D eigenvalue weighted by molar-refractivity contribution is -0.130. The molecule has 7 rings (SSSR count). The van der Waals surface area contributed by atoms with Crippen LogP contribution in [-0.2, 0) is 11.8 Å². The van der Waals surface area contributed by atoms with Gasteiger partial charge in [-0.05, 0) is 24.1 Å². The molecule has 13 nitrogen and oxygen atoms in total. The van der Waals surface area contributed by atoms with E-state index in [0.717, 1.165) is 0 Å². The number of aromatic nitrogens is 2. The molecule has 14 heteroatoms. The Labute approximate surface area is 254 Å². The number of fused-ring (bicyclic) bond motifs is 3. The first-order chi connectivity index (χ1) is 21.1. The number of halogens is 1. The molecule has 3 aliphatic heterocycles. The van der Waals surface area contributed by atoms with Gasteiger partial charge in [-0.15, -0.1) is 0 Å². The Morgan fingerprint density at radius 3 is 2.39 bits per heavy atom. The number of nitrogens with zero attached hydrogens (tertiary/aromatic N) is 1. The van der Waals surface area contributed by atoms with Gasteiger partial charge in [-0.1, -0.05) is 18.5 Å². The predicted molar refractivity (Wildman–Crippen MR) is 155 cm³/mol. The fourth-order valence-corrected chi connectivity index (χ4v) is 6.88. The highest BCUT2D eigenvalue weighted by Crippen LogP contribution is 2.57. The largest absolute Gasteiger partial charge is 0.496 e. The topological polar surface area (TPSA) is 156 Å². The molecule has 1 aromatic heterocycles. The predicted octanol–water partition coefficient (Wildman–Crippen LogP) is 2.92. The molecule has 0 fully saturated rings. The van der Waals surface area contributed by atoms with Crippen LogP contribution in [0.15, 0.2) is 39.1 Å². The standard InChI is InChI=1S/C30H26ClN3O10/c1-11-6-13-19(25(35)30(11)26(36)20-14(39-3)9-15(40-4)22(31)24(20)44-30)18(21-27(32-13)34(2)29(38)33-28(21)37)12-7-16(41-5)23-17(8-12)42-10-43-23/h7-9,11,18,32H,6,10H2,1-5H3,(H,33,37,38). The van der Waals surface area contributed by atoms with Crippen molar-refractivity contribution < 1.29 is 38.0 Å². The summed E-state index contributed by atoms with van der Waals surface area (Å²) in [6, 6.07) is 4.75. The summed E-state index contributed by atoms with van der Waals surface area (Å²) >= 11 is 6.60. The van der Waals surface area contributed by atoms with Gasteiger partial charge in [0, 0.05) is 36.2 Å². The van der Waals surface area contributed by atoms with Gasteiger partial charge >= 0.3 is 5.69 Å². The van der Waals surface area contributed by atoms with Crippen molar-refractivity contribution in [1.82, 2.24) is 9.55 Å². The van der Waals surface area contributed by atoms with Gasteiger partial charge in [0.05, 0.1) is 26.9 Å². The van der Waals surface area contributed by atoms with Gasteiger partial charge in [0.1, 0.15) is 27.9 Å². The fraction of sp³-hybridized carbons (Fsp3) is 0.333. The highest BCUT2D eigenvalue weighted by molar-refractivity contribution is 6.36. The number of methoxy groups -OCH3 is 3. The van der Waals surface area contributed by atoms with Crippen LogP contribution in [-0.4, -0.2) is 54.8 Å². The number of carbonyl (C=O) groups is 2. The number of Topliss-reactive ketones (excluding diaryl/α,β-unsaturated/α-hetero) is 2. The summed E-state index contributed by atoms with van der Waals surface area (Å²) in [7, 11) is 5.75. The zero-order valence-corrected chi connectivity index (χ0v) is 25.0. The van der Waals surface area contributed by atoms with Crippen molar-refractivity contribution in [1.29, 1.82) is 0 Å². The van der Waals surface area contributed by atoms with Crippen LogP contribution in [0.3, 0.4) is 0 Å². The average Bonchev–Trinajstić information content (AvgIpc) is 3.61. The number of anilines is 1. The molecule has 1 aliphatic carbocycles. The second-order valence-corrected chi connectivity index (χ2v) is 11.3. The number of carbonyl (C=O) groups excluding carboxylic acids is 2. The average molecular weight is 624 g/mol. The Kier molecular flexibility index (Phi) is 6.05. The Morgan fingerprint density at radius 1 is 0.955 bits per heavy atom. The van der Waals surface area contributed by atoms with Gasteiger partial charge in [0.15, 0.2) is 17.2 Å². The third kappa shape index (κ3) is 3.46. The monoisotopic (exact) mass is 623 g/mol. The van der Waals surface area contributed by atoms with E-state index in [1.54, 1.807) is 19.1 Å². The smallest absolute Gasteiger partial charge is 0.329 e. The Balaban J connectivity index is 1.48. The highest BCUT2D eigenvalue weighted by Gasteiger charge is 2.63. The minimum Gasteiger partial charge on any atom is -0.496 e. The van der Waals surface area contributed by atoms with E-state index in [0.29, 0.717) is 28.5 Å². The number of benzene rings is 2. The Hall–Kier alpha value is -4.91. The maximum absolute atomic E-state index is 15.0. The molecular weight excluding hydrogens is 598 g/mol. The SMILES string of the molecule is COc1cc(OC)c2c(c1Cl)OC1(C(=O)C3=C(CC1C)Nc1c(c(=O)[nH]c(=O)n1C)C3c1cc(OC)c3c(c1)OCO3)C2=O.